The van der Waals surface area contributed by atoms with Crippen LogP contribution in [0.1, 0.15) is 74.9 Å². The van der Waals surface area contributed by atoms with E-state index >= 15 is 0 Å². The first-order valence-electron chi connectivity index (χ1n) is 9.67. The summed E-state index contributed by atoms with van der Waals surface area (Å²) >= 11 is 0. The van der Waals surface area contributed by atoms with Crippen LogP contribution in [0.3, 0.4) is 0 Å². The van der Waals surface area contributed by atoms with Gasteiger partial charge in [-0.25, -0.2) is 4.57 Å². The zero-order valence-corrected chi connectivity index (χ0v) is 19.0. The van der Waals surface area contributed by atoms with Crippen molar-refractivity contribution in [2.45, 2.75) is 72.6 Å². The van der Waals surface area contributed by atoms with Crippen LogP contribution in [0.15, 0.2) is 24.3 Å². The lowest BCUT2D eigenvalue weighted by atomic mass is 9.82. The van der Waals surface area contributed by atoms with E-state index in [4.69, 9.17) is 9.05 Å². The Bertz CT molecular complexity index is 902. The molecule has 3 rings (SSSR count). The maximum absolute atomic E-state index is 12.7. The van der Waals surface area contributed by atoms with Crippen LogP contribution in [-0.2, 0) is 21.8 Å². The third kappa shape index (κ3) is 4.14. The van der Waals surface area contributed by atoms with E-state index in [1.54, 1.807) is 0 Å². The fourth-order valence-electron chi connectivity index (χ4n) is 3.54. The van der Waals surface area contributed by atoms with E-state index in [1.807, 2.05) is 26.0 Å². The van der Waals surface area contributed by atoms with Crippen LogP contribution in [0.25, 0.3) is 0 Å². The van der Waals surface area contributed by atoms with Gasteiger partial charge in [0, 0.05) is 6.42 Å². The van der Waals surface area contributed by atoms with Gasteiger partial charge < -0.3 is 9.05 Å². The van der Waals surface area contributed by atoms with Crippen molar-refractivity contribution in [1.82, 2.24) is 0 Å². The molecule has 1 N–H and O–H groups in total. The van der Waals surface area contributed by atoms with Gasteiger partial charge in [-0.15, -0.1) is 0 Å². The average Bonchev–Trinajstić information content (AvgIpc) is 2.50. The number of benzene rings is 2. The van der Waals surface area contributed by atoms with Crippen molar-refractivity contribution in [3.8, 4) is 11.5 Å². The second kappa shape index (κ2) is 6.64. The number of aryl methyl sites for hydroxylation is 2. The lowest BCUT2D eigenvalue weighted by Gasteiger charge is -2.28. The van der Waals surface area contributed by atoms with Crippen LogP contribution >= 0.6 is 7.82 Å². The van der Waals surface area contributed by atoms with Crippen LogP contribution < -0.4 is 9.05 Å². The summed E-state index contributed by atoms with van der Waals surface area (Å²) in [6.07, 6.45) is 0.584. The van der Waals surface area contributed by atoms with Crippen molar-refractivity contribution in [3.05, 3.63) is 57.6 Å². The third-order valence-electron chi connectivity index (χ3n) is 5.23. The molecule has 2 aromatic rings. The Kier molecular flexibility index (Phi) is 4.97. The lowest BCUT2D eigenvalue weighted by molar-refractivity contribution is 0.285. The summed E-state index contributed by atoms with van der Waals surface area (Å²) in [6, 6.07) is 8.24. The van der Waals surface area contributed by atoms with E-state index in [9.17, 15) is 9.46 Å². The van der Waals surface area contributed by atoms with E-state index < -0.39 is 7.82 Å². The lowest BCUT2D eigenvalue weighted by Crippen LogP contribution is -2.16. The first-order chi connectivity index (χ1) is 12.7. The number of phosphoric ester groups is 1. The van der Waals surface area contributed by atoms with E-state index in [0.29, 0.717) is 17.9 Å². The number of hydrogen-bond acceptors (Lipinski definition) is 3. The Morgan fingerprint density at radius 2 is 1.14 bits per heavy atom. The molecule has 0 fully saturated rings. The smallest absolute Gasteiger partial charge is 0.395 e. The summed E-state index contributed by atoms with van der Waals surface area (Å²) in [6.45, 7) is 16.8. The topological polar surface area (TPSA) is 55.8 Å². The van der Waals surface area contributed by atoms with Crippen molar-refractivity contribution >= 4 is 7.82 Å². The largest absolute Gasteiger partial charge is 0.584 e. The van der Waals surface area contributed by atoms with Crippen LogP contribution in [0.4, 0.5) is 0 Å². The van der Waals surface area contributed by atoms with Gasteiger partial charge in [0.1, 0.15) is 11.5 Å². The Morgan fingerprint density at radius 1 is 0.786 bits per heavy atom. The number of phosphoric acid groups is 1. The van der Waals surface area contributed by atoms with Crippen molar-refractivity contribution < 1.29 is 18.5 Å². The summed E-state index contributed by atoms with van der Waals surface area (Å²) in [5, 5.41) is 0. The molecule has 0 radical (unpaired) electrons. The first-order valence-corrected chi connectivity index (χ1v) is 11.2. The molecule has 28 heavy (non-hydrogen) atoms. The minimum Gasteiger partial charge on any atom is -0.395 e. The molecule has 0 bridgehead atoms. The Balaban J connectivity index is 2.27. The molecule has 1 heterocycles. The van der Waals surface area contributed by atoms with Crippen molar-refractivity contribution in [2.75, 3.05) is 0 Å². The minimum atomic E-state index is -4.29. The highest BCUT2D eigenvalue weighted by molar-refractivity contribution is 7.48. The van der Waals surface area contributed by atoms with Crippen LogP contribution in [0.2, 0.25) is 0 Å². The van der Waals surface area contributed by atoms with Crippen LogP contribution in [0.5, 0.6) is 11.5 Å². The van der Waals surface area contributed by atoms with Gasteiger partial charge in [0.2, 0.25) is 0 Å². The normalized spacial score (nSPS) is 16.2. The summed E-state index contributed by atoms with van der Waals surface area (Å²) in [5.74, 6) is 0.895. The van der Waals surface area contributed by atoms with Gasteiger partial charge in [-0.05, 0) is 58.1 Å². The average molecular weight is 402 g/mol. The van der Waals surface area contributed by atoms with Gasteiger partial charge in [0.15, 0.2) is 0 Å². The number of fused-ring (bicyclic) bond motifs is 2. The van der Waals surface area contributed by atoms with E-state index in [1.165, 1.54) is 11.1 Å². The molecule has 0 saturated carbocycles. The minimum absolute atomic E-state index is 0.0342. The molecule has 152 valence electrons. The number of hydrogen-bond donors (Lipinski definition) is 1. The van der Waals surface area contributed by atoms with Gasteiger partial charge in [-0.1, -0.05) is 65.8 Å². The molecule has 5 heteroatoms. The van der Waals surface area contributed by atoms with Crippen LogP contribution in [0, 0.1) is 13.8 Å². The summed E-state index contributed by atoms with van der Waals surface area (Å²) < 4.78 is 23.8. The van der Waals surface area contributed by atoms with Crippen LogP contribution in [-0.4, -0.2) is 4.89 Å². The molecule has 1 aliphatic rings. The Labute approximate surface area is 168 Å². The van der Waals surface area contributed by atoms with E-state index in [2.05, 4.69) is 53.7 Å². The van der Waals surface area contributed by atoms with Crippen molar-refractivity contribution in [2.24, 2.45) is 0 Å². The first kappa shape index (κ1) is 21.0. The molecule has 1 aliphatic heterocycles. The molecule has 0 atom stereocenters. The van der Waals surface area contributed by atoms with Gasteiger partial charge in [0.05, 0.1) is 0 Å². The standard InChI is InChI=1S/C23H31O4P/c1-14-9-18(22(3,4)5)12-16-11-17-13-19(23(6,7)8)10-15(2)21(17)27-28(24,25)26-20(14)16/h9-10,12-13H,11H2,1-8H3,(H,24,25). The fourth-order valence-corrected chi connectivity index (χ4v) is 4.56. The molecule has 0 amide bonds. The predicted octanol–water partition coefficient (Wildman–Crippen LogP) is 6.36. The molecule has 2 aromatic carbocycles. The SMILES string of the molecule is Cc1cc(C(C)(C)C)cc2c1OP(=O)(O)Oc1c(C)cc(C(C)(C)C)cc1C2. The van der Waals surface area contributed by atoms with Gasteiger partial charge in [0.25, 0.3) is 0 Å². The van der Waals surface area contributed by atoms with Gasteiger partial charge >= 0.3 is 7.82 Å². The van der Waals surface area contributed by atoms with Gasteiger partial charge in [-0.2, -0.15) is 0 Å². The molecule has 0 unspecified atom stereocenters. The zero-order valence-electron chi connectivity index (χ0n) is 18.1. The molecule has 0 aliphatic carbocycles. The zero-order chi connectivity index (χ0) is 21.1. The molecule has 0 saturated heterocycles. The maximum atomic E-state index is 12.7. The molecule has 0 spiro atoms. The molecular formula is C23H31O4P. The summed E-state index contributed by atoms with van der Waals surface area (Å²) in [5.41, 5.74) is 5.78. The fraction of sp³-hybridized carbons (Fsp3) is 0.478. The van der Waals surface area contributed by atoms with Crippen molar-refractivity contribution in [3.63, 3.8) is 0 Å². The highest BCUT2D eigenvalue weighted by atomic mass is 31.2. The maximum Gasteiger partial charge on any atom is 0.584 e. The van der Waals surface area contributed by atoms with Crippen molar-refractivity contribution in [1.29, 1.82) is 0 Å². The predicted molar refractivity (Wildman–Crippen MR) is 114 cm³/mol. The highest BCUT2D eigenvalue weighted by Gasteiger charge is 2.33. The second-order valence-electron chi connectivity index (χ2n) is 9.89. The van der Waals surface area contributed by atoms with Gasteiger partial charge in [-0.3, -0.25) is 4.89 Å². The highest BCUT2D eigenvalue weighted by Crippen LogP contribution is 2.51. The van der Waals surface area contributed by atoms with E-state index in [-0.39, 0.29) is 10.8 Å². The second-order valence-corrected chi connectivity index (χ2v) is 11.2. The molecule has 0 aromatic heterocycles. The Morgan fingerprint density at radius 3 is 1.46 bits per heavy atom. The molecule has 4 nitrogen and oxygen atoms in total. The third-order valence-corrected chi connectivity index (χ3v) is 6.06. The monoisotopic (exact) mass is 402 g/mol. The number of rotatable bonds is 0. The summed E-state index contributed by atoms with van der Waals surface area (Å²) in [7, 11) is -4.29. The Hall–Kier alpha value is -1.77. The quantitative estimate of drug-likeness (QED) is 0.521. The summed E-state index contributed by atoms with van der Waals surface area (Å²) in [4.78, 5) is 10.4. The molecular weight excluding hydrogens is 371 g/mol. The van der Waals surface area contributed by atoms with E-state index in [0.717, 1.165) is 22.3 Å².